The Bertz CT molecular complexity index is 388. The van der Waals surface area contributed by atoms with E-state index in [-0.39, 0.29) is 24.5 Å². The van der Waals surface area contributed by atoms with Crippen LogP contribution in [0.2, 0.25) is 0 Å². The van der Waals surface area contributed by atoms with Gasteiger partial charge in [-0.2, -0.15) is 0 Å². The van der Waals surface area contributed by atoms with Gasteiger partial charge in [-0.3, -0.25) is 4.79 Å². The number of phenols is 1. The second kappa shape index (κ2) is 5.51. The molecule has 0 unspecified atom stereocenters. The maximum Gasteiger partial charge on any atom is 0.168 e. The molecule has 16 heavy (non-hydrogen) atoms. The number of carbonyl (C=O) groups is 1. The van der Waals surface area contributed by atoms with Crippen LogP contribution in [0.3, 0.4) is 0 Å². The van der Waals surface area contributed by atoms with Crippen LogP contribution >= 0.6 is 0 Å². The number of Topliss-reactive ketones (excluding diaryl/α,β-unsaturated/α-hetero) is 1. The molecule has 0 saturated carbocycles. The molecule has 0 aliphatic rings. The van der Waals surface area contributed by atoms with Gasteiger partial charge >= 0.3 is 0 Å². The number of hydrogen-bond acceptors (Lipinski definition) is 4. The Balaban J connectivity index is 3.26. The van der Waals surface area contributed by atoms with Gasteiger partial charge in [-0.1, -0.05) is 13.0 Å². The number of aryl methyl sites for hydroxylation is 1. The minimum absolute atomic E-state index is 0.0831. The number of ketones is 1. The molecule has 0 fully saturated rings. The summed E-state index contributed by atoms with van der Waals surface area (Å²) in [5.74, 6) is 0.0913. The van der Waals surface area contributed by atoms with Gasteiger partial charge in [0.1, 0.15) is 0 Å². The molecule has 1 aromatic rings. The van der Waals surface area contributed by atoms with Gasteiger partial charge in [0.2, 0.25) is 0 Å². The number of hydrogen-bond donors (Lipinski definition) is 2. The summed E-state index contributed by atoms with van der Waals surface area (Å²) in [5, 5.41) is 9.91. The smallest absolute Gasteiger partial charge is 0.168 e. The van der Waals surface area contributed by atoms with Crippen molar-refractivity contribution in [2.24, 2.45) is 5.73 Å². The molecule has 1 aromatic carbocycles. The molecular weight excluding hydrogens is 206 g/mol. The van der Waals surface area contributed by atoms with Gasteiger partial charge in [-0.15, -0.1) is 0 Å². The summed E-state index contributed by atoms with van der Waals surface area (Å²) in [6.45, 7) is 2.21. The summed E-state index contributed by atoms with van der Waals surface area (Å²) in [4.78, 5) is 11.8. The number of methoxy groups -OCH3 is 1. The summed E-state index contributed by atoms with van der Waals surface area (Å²) < 4.78 is 4.98. The Hall–Kier alpha value is -1.55. The molecule has 0 radical (unpaired) electrons. The molecule has 0 atom stereocenters. The number of carbonyl (C=O) groups excluding carboxylic acids is 1. The van der Waals surface area contributed by atoms with Gasteiger partial charge in [-0.05, 0) is 24.6 Å². The molecular formula is C12H17NO3. The van der Waals surface area contributed by atoms with Crippen molar-refractivity contribution in [3.05, 3.63) is 23.3 Å². The van der Waals surface area contributed by atoms with Crippen molar-refractivity contribution in [3.63, 3.8) is 0 Å². The third-order valence-corrected chi connectivity index (χ3v) is 2.48. The predicted octanol–water partition coefficient (Wildman–Crippen LogP) is 1.49. The van der Waals surface area contributed by atoms with Crippen molar-refractivity contribution < 1.29 is 14.6 Å². The number of aromatic hydroxyl groups is 1. The van der Waals surface area contributed by atoms with Crippen molar-refractivity contribution >= 4 is 5.78 Å². The van der Waals surface area contributed by atoms with E-state index in [1.54, 1.807) is 12.1 Å². The van der Waals surface area contributed by atoms with Crippen LogP contribution < -0.4 is 10.5 Å². The molecule has 0 saturated heterocycles. The molecule has 0 aliphatic carbocycles. The first-order valence-corrected chi connectivity index (χ1v) is 5.27. The summed E-state index contributed by atoms with van der Waals surface area (Å²) in [6.07, 6.45) is 0.914. The largest absolute Gasteiger partial charge is 0.504 e. The van der Waals surface area contributed by atoms with E-state index in [9.17, 15) is 9.90 Å². The molecule has 4 heteroatoms. The van der Waals surface area contributed by atoms with E-state index < -0.39 is 0 Å². The Labute approximate surface area is 95.0 Å². The number of phenolic OH excluding ortho intramolecular Hbond substituents is 1. The molecule has 0 heterocycles. The Morgan fingerprint density at radius 1 is 1.50 bits per heavy atom. The Morgan fingerprint density at radius 3 is 2.69 bits per heavy atom. The summed E-state index contributed by atoms with van der Waals surface area (Å²) >= 11 is 0. The topological polar surface area (TPSA) is 72.5 Å². The lowest BCUT2D eigenvalue weighted by Crippen LogP contribution is -2.10. The molecule has 0 aromatic heterocycles. The Morgan fingerprint density at radius 2 is 2.19 bits per heavy atom. The predicted molar refractivity (Wildman–Crippen MR) is 62.0 cm³/mol. The maximum atomic E-state index is 11.8. The van der Waals surface area contributed by atoms with Crippen molar-refractivity contribution in [3.8, 4) is 11.5 Å². The van der Waals surface area contributed by atoms with Gasteiger partial charge in [-0.25, -0.2) is 0 Å². The highest BCUT2D eigenvalue weighted by Crippen LogP contribution is 2.33. The normalized spacial score (nSPS) is 10.2. The number of benzene rings is 1. The molecule has 88 valence electrons. The van der Waals surface area contributed by atoms with Crippen LogP contribution in [0.5, 0.6) is 11.5 Å². The third-order valence-electron chi connectivity index (χ3n) is 2.48. The van der Waals surface area contributed by atoms with Gasteiger partial charge in [0.05, 0.1) is 12.7 Å². The van der Waals surface area contributed by atoms with E-state index in [1.165, 1.54) is 7.11 Å². The summed E-state index contributed by atoms with van der Waals surface area (Å²) in [7, 11) is 1.46. The van der Waals surface area contributed by atoms with Crippen LogP contribution in [0.1, 0.15) is 29.3 Å². The van der Waals surface area contributed by atoms with Crippen LogP contribution in [-0.2, 0) is 6.42 Å². The van der Waals surface area contributed by atoms with Crippen LogP contribution in [0, 0.1) is 0 Å². The fourth-order valence-electron chi connectivity index (χ4n) is 1.64. The molecule has 1 rings (SSSR count). The molecule has 0 bridgehead atoms. The second-order valence-electron chi connectivity index (χ2n) is 3.47. The lowest BCUT2D eigenvalue weighted by molar-refractivity contribution is 0.0981. The number of nitrogens with two attached hydrogens (primary N) is 1. The molecule has 4 nitrogen and oxygen atoms in total. The van der Waals surface area contributed by atoms with E-state index in [4.69, 9.17) is 10.5 Å². The van der Waals surface area contributed by atoms with Crippen LogP contribution in [-0.4, -0.2) is 24.5 Å². The standard InChI is InChI=1S/C12H17NO3/c1-3-8-4-5-10(16-2)12(15)11(8)9(14)6-7-13/h4-5,15H,3,6-7,13H2,1-2H3. The summed E-state index contributed by atoms with van der Waals surface area (Å²) in [5.41, 5.74) is 6.50. The second-order valence-corrected chi connectivity index (χ2v) is 3.47. The van der Waals surface area contributed by atoms with E-state index in [1.807, 2.05) is 6.92 Å². The lowest BCUT2D eigenvalue weighted by atomic mass is 9.98. The Kier molecular flexibility index (Phi) is 4.31. The number of rotatable bonds is 5. The zero-order valence-corrected chi connectivity index (χ0v) is 9.62. The minimum atomic E-state index is -0.143. The SMILES string of the molecule is CCc1ccc(OC)c(O)c1C(=O)CCN. The quantitative estimate of drug-likeness (QED) is 0.742. The van der Waals surface area contributed by atoms with Gasteiger partial charge in [0.25, 0.3) is 0 Å². The van der Waals surface area contributed by atoms with Crippen molar-refractivity contribution in [1.29, 1.82) is 0 Å². The highest BCUT2D eigenvalue weighted by atomic mass is 16.5. The van der Waals surface area contributed by atoms with Crippen LogP contribution in [0.4, 0.5) is 0 Å². The third kappa shape index (κ3) is 2.33. The molecule has 3 N–H and O–H groups in total. The fraction of sp³-hybridized carbons (Fsp3) is 0.417. The van der Waals surface area contributed by atoms with Gasteiger partial charge < -0.3 is 15.6 Å². The van der Waals surface area contributed by atoms with Crippen LogP contribution in [0.15, 0.2) is 12.1 Å². The monoisotopic (exact) mass is 223 g/mol. The van der Waals surface area contributed by atoms with Crippen molar-refractivity contribution in [1.82, 2.24) is 0 Å². The van der Waals surface area contributed by atoms with E-state index in [2.05, 4.69) is 0 Å². The molecule has 0 aliphatic heterocycles. The van der Waals surface area contributed by atoms with Crippen LogP contribution in [0.25, 0.3) is 0 Å². The lowest BCUT2D eigenvalue weighted by Gasteiger charge is -2.12. The first-order chi connectivity index (χ1) is 7.65. The van der Waals surface area contributed by atoms with E-state index in [0.717, 1.165) is 5.56 Å². The molecule has 0 amide bonds. The first-order valence-electron chi connectivity index (χ1n) is 5.27. The number of ether oxygens (including phenoxy) is 1. The highest BCUT2D eigenvalue weighted by Gasteiger charge is 2.18. The first kappa shape index (κ1) is 12.5. The van der Waals surface area contributed by atoms with Crippen molar-refractivity contribution in [2.45, 2.75) is 19.8 Å². The fourth-order valence-corrected chi connectivity index (χ4v) is 1.64. The average molecular weight is 223 g/mol. The average Bonchev–Trinajstić information content (AvgIpc) is 2.28. The zero-order chi connectivity index (χ0) is 12.1. The van der Waals surface area contributed by atoms with Crippen molar-refractivity contribution in [2.75, 3.05) is 13.7 Å². The maximum absolute atomic E-state index is 11.8. The van der Waals surface area contributed by atoms with E-state index >= 15 is 0 Å². The van der Waals surface area contributed by atoms with E-state index in [0.29, 0.717) is 17.7 Å². The summed E-state index contributed by atoms with van der Waals surface area (Å²) in [6, 6.07) is 3.45. The molecule has 0 spiro atoms. The van der Waals surface area contributed by atoms with Gasteiger partial charge in [0, 0.05) is 6.42 Å². The zero-order valence-electron chi connectivity index (χ0n) is 9.62. The van der Waals surface area contributed by atoms with Gasteiger partial charge in [0.15, 0.2) is 17.3 Å². The minimum Gasteiger partial charge on any atom is -0.504 e. The highest BCUT2D eigenvalue weighted by molar-refractivity contribution is 6.00.